The third-order valence-corrected chi connectivity index (χ3v) is 2.24. The molecule has 1 N–H and O–H groups in total. The van der Waals surface area contributed by atoms with Gasteiger partial charge in [-0.25, -0.2) is 0 Å². The van der Waals surface area contributed by atoms with E-state index in [0.29, 0.717) is 0 Å². The summed E-state index contributed by atoms with van der Waals surface area (Å²) < 4.78 is 0. The molecule has 0 amide bonds. The molecule has 1 aromatic heterocycles. The van der Waals surface area contributed by atoms with Crippen molar-refractivity contribution in [3.8, 4) is 0 Å². The predicted octanol–water partition coefficient (Wildman–Crippen LogP) is 2.85. The normalized spacial score (nSPS) is 9.47. The number of anilines is 1. The lowest BCUT2D eigenvalue weighted by Gasteiger charge is -2.22. The lowest BCUT2D eigenvalue weighted by atomic mass is 10.2. The van der Waals surface area contributed by atoms with Crippen LogP contribution in [-0.4, -0.2) is 31.7 Å². The second-order valence-corrected chi connectivity index (χ2v) is 4.11. The SMILES string of the molecule is CCC.CCN(CCNC)c1cncc(C)c1. The first-order chi connectivity index (χ1) is 8.19. The smallest absolute Gasteiger partial charge is 0.0555 e. The van der Waals surface area contributed by atoms with Crippen molar-refractivity contribution in [2.75, 3.05) is 31.6 Å². The summed E-state index contributed by atoms with van der Waals surface area (Å²) >= 11 is 0. The average Bonchev–Trinajstić information content (AvgIpc) is 2.31. The van der Waals surface area contributed by atoms with Crippen LogP contribution in [0.4, 0.5) is 5.69 Å². The van der Waals surface area contributed by atoms with Crippen LogP contribution in [0.15, 0.2) is 18.5 Å². The summed E-state index contributed by atoms with van der Waals surface area (Å²) in [4.78, 5) is 6.52. The van der Waals surface area contributed by atoms with E-state index < -0.39 is 0 Å². The zero-order valence-corrected chi connectivity index (χ0v) is 12.0. The first kappa shape index (κ1) is 15.9. The van der Waals surface area contributed by atoms with E-state index in [-0.39, 0.29) is 0 Å². The molecule has 0 saturated carbocycles. The van der Waals surface area contributed by atoms with Crippen LogP contribution in [0.1, 0.15) is 32.8 Å². The second-order valence-electron chi connectivity index (χ2n) is 4.11. The summed E-state index contributed by atoms with van der Waals surface area (Å²) in [5.74, 6) is 0. The lowest BCUT2D eigenvalue weighted by molar-refractivity contribution is 0.735. The second kappa shape index (κ2) is 10.1. The molecule has 0 saturated heterocycles. The van der Waals surface area contributed by atoms with Crippen LogP contribution in [0.3, 0.4) is 0 Å². The highest BCUT2D eigenvalue weighted by Gasteiger charge is 2.03. The topological polar surface area (TPSA) is 28.2 Å². The van der Waals surface area contributed by atoms with E-state index in [1.54, 1.807) is 0 Å². The van der Waals surface area contributed by atoms with Gasteiger partial charge in [-0.1, -0.05) is 20.3 Å². The largest absolute Gasteiger partial charge is 0.369 e. The molecule has 0 unspecified atom stereocenters. The van der Waals surface area contributed by atoms with Gasteiger partial charge in [-0.3, -0.25) is 4.98 Å². The van der Waals surface area contributed by atoms with Gasteiger partial charge in [0.05, 0.1) is 11.9 Å². The Labute approximate surface area is 106 Å². The minimum Gasteiger partial charge on any atom is -0.369 e. The van der Waals surface area contributed by atoms with E-state index in [1.165, 1.54) is 17.7 Å². The van der Waals surface area contributed by atoms with Gasteiger partial charge in [0, 0.05) is 25.8 Å². The first-order valence-corrected chi connectivity index (χ1v) is 6.50. The minimum absolute atomic E-state index is 1.00. The van der Waals surface area contributed by atoms with Crippen molar-refractivity contribution in [2.24, 2.45) is 0 Å². The van der Waals surface area contributed by atoms with Gasteiger partial charge in [-0.15, -0.1) is 0 Å². The zero-order chi connectivity index (χ0) is 13.1. The van der Waals surface area contributed by atoms with Crippen LogP contribution >= 0.6 is 0 Å². The highest BCUT2D eigenvalue weighted by atomic mass is 15.1. The number of hydrogen-bond acceptors (Lipinski definition) is 3. The van der Waals surface area contributed by atoms with Gasteiger partial charge in [0.2, 0.25) is 0 Å². The lowest BCUT2D eigenvalue weighted by Crippen LogP contribution is -2.30. The van der Waals surface area contributed by atoms with Crippen LogP contribution in [0, 0.1) is 6.92 Å². The summed E-state index contributed by atoms with van der Waals surface area (Å²) in [5.41, 5.74) is 2.42. The molecule has 0 aliphatic rings. The Balaban J connectivity index is 0.000000770. The molecule has 3 nitrogen and oxygen atoms in total. The molecule has 0 aromatic carbocycles. The Bertz CT molecular complexity index is 287. The van der Waals surface area contributed by atoms with E-state index in [2.05, 4.69) is 49.0 Å². The molecule has 0 bridgehead atoms. The molecule has 0 atom stereocenters. The van der Waals surface area contributed by atoms with Crippen molar-refractivity contribution in [3.05, 3.63) is 24.0 Å². The fourth-order valence-electron chi connectivity index (χ4n) is 1.43. The van der Waals surface area contributed by atoms with E-state index in [0.717, 1.165) is 19.6 Å². The number of hydrogen-bond donors (Lipinski definition) is 1. The summed E-state index contributed by atoms with van der Waals surface area (Å²) in [6, 6.07) is 2.17. The van der Waals surface area contributed by atoms with Crippen LogP contribution in [0.5, 0.6) is 0 Å². The maximum atomic E-state index is 4.20. The van der Waals surface area contributed by atoms with Gasteiger partial charge >= 0.3 is 0 Å². The fourth-order valence-corrected chi connectivity index (χ4v) is 1.43. The van der Waals surface area contributed by atoms with Gasteiger partial charge in [0.1, 0.15) is 0 Å². The number of rotatable bonds is 5. The summed E-state index contributed by atoms with van der Waals surface area (Å²) in [7, 11) is 1.97. The van der Waals surface area contributed by atoms with Gasteiger partial charge in [0.15, 0.2) is 0 Å². The highest BCUT2D eigenvalue weighted by Crippen LogP contribution is 2.12. The van der Waals surface area contributed by atoms with Crippen LogP contribution in [0.2, 0.25) is 0 Å². The summed E-state index contributed by atoms with van der Waals surface area (Å²) in [5, 5.41) is 3.15. The van der Waals surface area contributed by atoms with Gasteiger partial charge < -0.3 is 10.2 Å². The molecule has 3 heteroatoms. The third-order valence-electron chi connectivity index (χ3n) is 2.24. The fraction of sp³-hybridized carbons (Fsp3) is 0.643. The van der Waals surface area contributed by atoms with E-state index >= 15 is 0 Å². The van der Waals surface area contributed by atoms with Crippen molar-refractivity contribution < 1.29 is 0 Å². The van der Waals surface area contributed by atoms with Gasteiger partial charge in [0.25, 0.3) is 0 Å². The Morgan fingerprint density at radius 2 is 1.88 bits per heavy atom. The molecule has 0 radical (unpaired) electrons. The standard InChI is InChI=1S/C11H19N3.C3H8/c1-4-14(6-5-12-3)11-7-10(2)8-13-9-11;1-3-2/h7-9,12H,4-6H2,1-3H3;3H2,1-2H3. The van der Waals surface area contributed by atoms with Crippen LogP contribution < -0.4 is 10.2 Å². The van der Waals surface area contributed by atoms with Crippen molar-refractivity contribution >= 4 is 5.69 Å². The minimum atomic E-state index is 1.00. The zero-order valence-electron chi connectivity index (χ0n) is 12.0. The highest BCUT2D eigenvalue weighted by molar-refractivity contribution is 5.45. The molecule has 1 rings (SSSR count). The summed E-state index contributed by atoms with van der Waals surface area (Å²) in [6.07, 6.45) is 5.06. The third kappa shape index (κ3) is 6.95. The monoisotopic (exact) mass is 237 g/mol. The van der Waals surface area contributed by atoms with E-state index in [4.69, 9.17) is 0 Å². The Morgan fingerprint density at radius 3 is 2.35 bits per heavy atom. The number of likely N-dealkylation sites (N-methyl/N-ethyl adjacent to an activating group) is 2. The molecule has 98 valence electrons. The van der Waals surface area contributed by atoms with Gasteiger partial charge in [-0.2, -0.15) is 0 Å². The van der Waals surface area contributed by atoms with Crippen molar-refractivity contribution in [1.29, 1.82) is 0 Å². The molecular weight excluding hydrogens is 210 g/mol. The van der Waals surface area contributed by atoms with E-state index in [1.807, 2.05) is 19.4 Å². The van der Waals surface area contributed by atoms with Crippen molar-refractivity contribution in [1.82, 2.24) is 10.3 Å². The molecular formula is C14H27N3. The molecule has 0 fully saturated rings. The number of nitrogens with zero attached hydrogens (tertiary/aromatic N) is 2. The van der Waals surface area contributed by atoms with Gasteiger partial charge in [-0.05, 0) is 32.5 Å². The number of pyridine rings is 1. The van der Waals surface area contributed by atoms with Crippen molar-refractivity contribution in [3.63, 3.8) is 0 Å². The molecule has 17 heavy (non-hydrogen) atoms. The Kier molecular flexibility index (Phi) is 9.44. The Morgan fingerprint density at radius 1 is 1.24 bits per heavy atom. The summed E-state index contributed by atoms with van der Waals surface area (Å²) in [6.45, 7) is 11.5. The molecule has 1 aromatic rings. The quantitative estimate of drug-likeness (QED) is 0.853. The molecule has 0 aliphatic carbocycles. The van der Waals surface area contributed by atoms with Crippen LogP contribution in [-0.2, 0) is 0 Å². The molecule has 0 spiro atoms. The number of aromatic nitrogens is 1. The Hall–Kier alpha value is -1.09. The first-order valence-electron chi connectivity index (χ1n) is 6.50. The average molecular weight is 237 g/mol. The number of nitrogens with one attached hydrogen (secondary N) is 1. The maximum Gasteiger partial charge on any atom is 0.0555 e. The number of aryl methyl sites for hydroxylation is 1. The van der Waals surface area contributed by atoms with E-state index in [9.17, 15) is 0 Å². The van der Waals surface area contributed by atoms with Crippen molar-refractivity contribution in [2.45, 2.75) is 34.1 Å². The predicted molar refractivity (Wildman–Crippen MR) is 76.8 cm³/mol. The maximum absolute atomic E-state index is 4.20. The molecule has 1 heterocycles. The van der Waals surface area contributed by atoms with Crippen LogP contribution in [0.25, 0.3) is 0 Å². The molecule has 0 aliphatic heterocycles.